The number of nitrogens with zero attached hydrogens (tertiary/aromatic N) is 2. The van der Waals surface area contributed by atoms with Gasteiger partial charge in [0.25, 0.3) is 0 Å². The highest BCUT2D eigenvalue weighted by Gasteiger charge is 2.39. The fraction of sp³-hybridized carbons (Fsp3) is 0.368. The van der Waals surface area contributed by atoms with E-state index in [1.807, 2.05) is 5.38 Å². The molecule has 5 rings (SSSR count). The van der Waals surface area contributed by atoms with Crippen LogP contribution in [0.5, 0.6) is 5.88 Å². The van der Waals surface area contributed by atoms with Crippen LogP contribution in [0, 0.1) is 17.7 Å². The number of hydrogen-bond acceptors (Lipinski definition) is 6. The molecule has 5 nitrogen and oxygen atoms in total. The van der Waals surface area contributed by atoms with Crippen molar-refractivity contribution in [2.75, 3.05) is 26.3 Å². The lowest BCUT2D eigenvalue weighted by Crippen LogP contribution is -2.56. The highest BCUT2D eigenvalue weighted by molar-refractivity contribution is 7.18. The van der Waals surface area contributed by atoms with Gasteiger partial charge >= 0.3 is 0 Å². The summed E-state index contributed by atoms with van der Waals surface area (Å²) in [4.78, 5) is 8.76. The summed E-state index contributed by atoms with van der Waals surface area (Å²) in [6.07, 6.45) is 1.55. The molecule has 140 valence electrons. The Morgan fingerprint density at radius 3 is 2.78 bits per heavy atom. The average molecular weight is 406 g/mol. The highest BCUT2D eigenvalue weighted by atomic mass is 35.5. The first-order chi connectivity index (χ1) is 13.2. The highest BCUT2D eigenvalue weighted by Crippen LogP contribution is 2.39. The molecule has 2 fully saturated rings. The number of piperidine rings is 1. The zero-order valence-corrected chi connectivity index (χ0v) is 15.9. The topological polar surface area (TPSA) is 56.3 Å². The normalized spacial score (nSPS) is 24.9. The second-order valence-electron chi connectivity index (χ2n) is 6.93. The minimum Gasteiger partial charge on any atom is -0.472 e. The third-order valence-electron chi connectivity index (χ3n) is 5.20. The van der Waals surface area contributed by atoms with Crippen molar-refractivity contribution in [2.24, 2.45) is 11.8 Å². The van der Waals surface area contributed by atoms with Crippen LogP contribution in [0.4, 0.5) is 4.39 Å². The van der Waals surface area contributed by atoms with Gasteiger partial charge in [0.1, 0.15) is 22.9 Å². The summed E-state index contributed by atoms with van der Waals surface area (Å²) in [6, 6.07) is 4.67. The maximum absolute atomic E-state index is 14.4. The summed E-state index contributed by atoms with van der Waals surface area (Å²) >= 11 is 7.35. The van der Waals surface area contributed by atoms with E-state index in [1.54, 1.807) is 12.1 Å². The van der Waals surface area contributed by atoms with Crippen molar-refractivity contribution in [3.05, 3.63) is 40.7 Å². The number of nitrogens with one attached hydrogen (secondary N) is 1. The van der Waals surface area contributed by atoms with Crippen molar-refractivity contribution in [3.63, 3.8) is 0 Å². The number of hydrogen-bond donors (Lipinski definition) is 1. The van der Waals surface area contributed by atoms with E-state index >= 15 is 0 Å². The van der Waals surface area contributed by atoms with Gasteiger partial charge in [-0.25, -0.2) is 14.4 Å². The third-order valence-corrected chi connectivity index (χ3v) is 6.39. The lowest BCUT2D eigenvalue weighted by molar-refractivity contribution is -0.0828. The van der Waals surface area contributed by atoms with E-state index in [0.717, 1.165) is 23.4 Å². The minimum absolute atomic E-state index is 0.0657. The Kier molecular flexibility index (Phi) is 4.47. The molecule has 0 aliphatic carbocycles. The van der Waals surface area contributed by atoms with Gasteiger partial charge in [-0.15, -0.1) is 11.3 Å². The summed E-state index contributed by atoms with van der Waals surface area (Å²) in [7, 11) is 0. The minimum atomic E-state index is -0.367. The van der Waals surface area contributed by atoms with Crippen molar-refractivity contribution in [3.8, 4) is 17.0 Å². The molecule has 1 aromatic carbocycles. The number of benzene rings is 1. The Morgan fingerprint density at radius 2 is 2.00 bits per heavy atom. The van der Waals surface area contributed by atoms with Gasteiger partial charge in [-0.3, -0.25) is 0 Å². The monoisotopic (exact) mass is 405 g/mol. The Hall–Kier alpha value is -1.80. The standard InChI is InChI=1S/C19H17ClFN3O2S/c20-12-1-2-13(15(21)3-12)14-8-27-18-16(14)23-9-24-19(18)26-17-10-4-22-5-11(17)7-25-6-10/h1-3,8-11,17,22H,4-7H2. The molecule has 8 heteroatoms. The predicted molar refractivity (Wildman–Crippen MR) is 103 cm³/mol. The first-order valence-corrected chi connectivity index (χ1v) is 10.1. The molecule has 0 spiro atoms. The zero-order valence-electron chi connectivity index (χ0n) is 14.3. The molecule has 2 aliphatic heterocycles. The van der Waals surface area contributed by atoms with Gasteiger partial charge in [0.15, 0.2) is 0 Å². The zero-order chi connectivity index (χ0) is 18.4. The van der Waals surface area contributed by atoms with Crippen LogP contribution in [0.2, 0.25) is 5.02 Å². The summed E-state index contributed by atoms with van der Waals surface area (Å²) in [5, 5.41) is 5.70. The lowest BCUT2D eigenvalue weighted by Gasteiger charge is -2.41. The fourth-order valence-electron chi connectivity index (χ4n) is 3.88. The summed E-state index contributed by atoms with van der Waals surface area (Å²) in [6.45, 7) is 3.13. The van der Waals surface area contributed by atoms with Gasteiger partial charge in [-0.2, -0.15) is 0 Å². The van der Waals surface area contributed by atoms with Crippen molar-refractivity contribution in [2.45, 2.75) is 6.10 Å². The average Bonchev–Trinajstić information content (AvgIpc) is 3.06. The molecule has 0 amide bonds. The second-order valence-corrected chi connectivity index (χ2v) is 8.24. The van der Waals surface area contributed by atoms with Crippen LogP contribution in [0.15, 0.2) is 29.9 Å². The van der Waals surface area contributed by atoms with E-state index in [0.29, 0.717) is 47.0 Å². The molecule has 2 bridgehead atoms. The SMILES string of the molecule is Fc1cc(Cl)ccc1-c1csc2c(OC3C4CNCC3COC4)ncnc12. The quantitative estimate of drug-likeness (QED) is 0.719. The number of thiophene rings is 1. The van der Waals surface area contributed by atoms with E-state index in [2.05, 4.69) is 15.3 Å². The van der Waals surface area contributed by atoms with Crippen LogP contribution in [0.25, 0.3) is 21.3 Å². The maximum atomic E-state index is 14.4. The van der Waals surface area contributed by atoms with Crippen molar-refractivity contribution < 1.29 is 13.9 Å². The van der Waals surface area contributed by atoms with Crippen LogP contribution < -0.4 is 10.1 Å². The third kappa shape index (κ3) is 3.08. The molecule has 2 unspecified atom stereocenters. The van der Waals surface area contributed by atoms with Crippen LogP contribution in [0.1, 0.15) is 0 Å². The molecule has 3 aromatic rings. The van der Waals surface area contributed by atoms with Crippen LogP contribution in [0.3, 0.4) is 0 Å². The van der Waals surface area contributed by atoms with Gasteiger partial charge in [0.05, 0.1) is 18.7 Å². The molecule has 2 aliphatic rings. The number of rotatable bonds is 3. The Bertz CT molecular complexity index is 976. The van der Waals surface area contributed by atoms with E-state index in [1.165, 1.54) is 23.7 Å². The molecule has 2 saturated heterocycles. The number of ether oxygens (including phenoxy) is 2. The van der Waals surface area contributed by atoms with Gasteiger partial charge in [0, 0.05) is 46.5 Å². The molecular weight excluding hydrogens is 389 g/mol. The molecule has 4 heterocycles. The van der Waals surface area contributed by atoms with Gasteiger partial charge in [0.2, 0.25) is 5.88 Å². The van der Waals surface area contributed by atoms with Crippen molar-refractivity contribution in [1.82, 2.24) is 15.3 Å². The van der Waals surface area contributed by atoms with Crippen molar-refractivity contribution >= 4 is 33.2 Å². The molecule has 1 N–H and O–H groups in total. The predicted octanol–water partition coefficient (Wildman–Crippen LogP) is 3.76. The molecule has 2 atom stereocenters. The van der Waals surface area contributed by atoms with Gasteiger partial charge < -0.3 is 14.8 Å². The summed E-state index contributed by atoms with van der Waals surface area (Å²) < 4.78 is 27.3. The van der Waals surface area contributed by atoms with Crippen LogP contribution >= 0.6 is 22.9 Å². The molecule has 2 aromatic heterocycles. The molecule has 0 saturated carbocycles. The van der Waals surface area contributed by atoms with Crippen LogP contribution in [-0.2, 0) is 4.74 Å². The summed E-state index contributed by atoms with van der Waals surface area (Å²) in [5.41, 5.74) is 1.90. The molecular formula is C19H17ClFN3O2S. The summed E-state index contributed by atoms with van der Waals surface area (Å²) in [5.74, 6) is 0.800. The smallest absolute Gasteiger partial charge is 0.235 e. The maximum Gasteiger partial charge on any atom is 0.235 e. The van der Waals surface area contributed by atoms with Crippen LogP contribution in [-0.4, -0.2) is 42.4 Å². The molecule has 0 radical (unpaired) electrons. The first-order valence-electron chi connectivity index (χ1n) is 8.83. The van der Waals surface area contributed by atoms with E-state index < -0.39 is 0 Å². The molecule has 27 heavy (non-hydrogen) atoms. The Labute approximate surface area is 164 Å². The van der Waals surface area contributed by atoms with Gasteiger partial charge in [-0.05, 0) is 18.2 Å². The van der Waals surface area contributed by atoms with Gasteiger partial charge in [-0.1, -0.05) is 11.6 Å². The first kappa shape index (κ1) is 17.3. The Balaban J connectivity index is 1.52. The van der Waals surface area contributed by atoms with E-state index in [4.69, 9.17) is 21.1 Å². The largest absolute Gasteiger partial charge is 0.472 e. The number of halogens is 2. The fourth-order valence-corrected chi connectivity index (χ4v) is 4.99. The number of fused-ring (bicyclic) bond motifs is 3. The van der Waals surface area contributed by atoms with E-state index in [9.17, 15) is 4.39 Å². The number of aromatic nitrogens is 2. The van der Waals surface area contributed by atoms with Crippen molar-refractivity contribution in [1.29, 1.82) is 0 Å². The Morgan fingerprint density at radius 1 is 1.19 bits per heavy atom. The lowest BCUT2D eigenvalue weighted by atomic mass is 9.86. The van der Waals surface area contributed by atoms with E-state index in [-0.39, 0.29) is 11.9 Å². The second kappa shape index (κ2) is 6.98.